The number of hydrogen-bond acceptors (Lipinski definition) is 4. The van der Waals surface area contributed by atoms with Gasteiger partial charge in [-0.25, -0.2) is 0 Å². The lowest BCUT2D eigenvalue weighted by Gasteiger charge is -2.34. The number of rotatable bonds is 4. The summed E-state index contributed by atoms with van der Waals surface area (Å²) >= 11 is 0. The Bertz CT molecular complexity index is 691. The molecule has 3 rings (SSSR count). The molecule has 0 radical (unpaired) electrons. The molecule has 0 atom stereocenters. The lowest BCUT2D eigenvalue weighted by molar-refractivity contribution is -0.132. The minimum Gasteiger partial charge on any atom is -0.339 e. The third kappa shape index (κ3) is 3.73. The van der Waals surface area contributed by atoms with Crippen molar-refractivity contribution in [3.05, 3.63) is 17.0 Å². The maximum Gasteiger partial charge on any atom is 0.274 e. The predicted octanol–water partition coefficient (Wildman–Crippen LogP) is 0.789. The summed E-state index contributed by atoms with van der Waals surface area (Å²) in [5, 5.41) is 7.22. The van der Waals surface area contributed by atoms with Crippen molar-refractivity contribution in [3.63, 3.8) is 0 Å². The maximum absolute atomic E-state index is 12.9. The van der Waals surface area contributed by atoms with E-state index in [1.54, 1.807) is 16.7 Å². The number of nitrogens with zero attached hydrogens (tertiary/aromatic N) is 4. The number of nitrogens with one attached hydrogen (secondary N) is 1. The van der Waals surface area contributed by atoms with Crippen LogP contribution < -0.4 is 0 Å². The van der Waals surface area contributed by atoms with E-state index in [2.05, 4.69) is 17.1 Å². The van der Waals surface area contributed by atoms with Crippen molar-refractivity contribution >= 4 is 17.7 Å². The van der Waals surface area contributed by atoms with Crippen molar-refractivity contribution in [1.29, 1.82) is 0 Å². The van der Waals surface area contributed by atoms with E-state index >= 15 is 0 Å². The third-order valence-electron chi connectivity index (χ3n) is 5.25. The van der Waals surface area contributed by atoms with Gasteiger partial charge in [0.15, 0.2) is 5.69 Å². The first-order chi connectivity index (χ1) is 12.5. The van der Waals surface area contributed by atoms with Crippen LogP contribution in [0.3, 0.4) is 0 Å². The normalized spacial score (nSPS) is 17.2. The van der Waals surface area contributed by atoms with E-state index in [4.69, 9.17) is 0 Å². The molecule has 0 bridgehead atoms. The van der Waals surface area contributed by atoms with Gasteiger partial charge in [-0.15, -0.1) is 0 Å². The van der Waals surface area contributed by atoms with E-state index in [1.165, 1.54) is 0 Å². The number of amides is 3. The summed E-state index contributed by atoms with van der Waals surface area (Å²) < 4.78 is 0. The quantitative estimate of drug-likeness (QED) is 0.858. The summed E-state index contributed by atoms with van der Waals surface area (Å²) in [4.78, 5) is 42.0. The zero-order valence-corrected chi connectivity index (χ0v) is 15.6. The van der Waals surface area contributed by atoms with Crippen LogP contribution in [0.5, 0.6) is 0 Å². The molecule has 2 aliphatic heterocycles. The van der Waals surface area contributed by atoms with Crippen LogP contribution in [0.1, 0.15) is 54.9 Å². The van der Waals surface area contributed by atoms with Crippen LogP contribution in [-0.4, -0.2) is 75.3 Å². The van der Waals surface area contributed by atoms with Gasteiger partial charge in [0.2, 0.25) is 11.8 Å². The molecule has 26 heavy (non-hydrogen) atoms. The van der Waals surface area contributed by atoms with E-state index in [-0.39, 0.29) is 17.7 Å². The summed E-state index contributed by atoms with van der Waals surface area (Å²) in [5.41, 5.74) is 2.22. The molecule has 2 aliphatic rings. The van der Waals surface area contributed by atoms with Crippen molar-refractivity contribution in [1.82, 2.24) is 24.9 Å². The Morgan fingerprint density at radius 2 is 1.73 bits per heavy atom. The fraction of sp³-hybridized carbons (Fsp3) is 0.667. The number of piperazine rings is 1. The smallest absolute Gasteiger partial charge is 0.274 e. The Balaban J connectivity index is 1.68. The van der Waals surface area contributed by atoms with Gasteiger partial charge in [0.25, 0.3) is 5.91 Å². The Morgan fingerprint density at radius 1 is 1.04 bits per heavy atom. The van der Waals surface area contributed by atoms with Crippen molar-refractivity contribution in [2.75, 3.05) is 32.7 Å². The highest BCUT2D eigenvalue weighted by Gasteiger charge is 2.31. The molecule has 1 N–H and O–H groups in total. The van der Waals surface area contributed by atoms with Crippen molar-refractivity contribution in [3.8, 4) is 0 Å². The van der Waals surface area contributed by atoms with Gasteiger partial charge in [-0.1, -0.05) is 13.3 Å². The average molecular weight is 361 g/mol. The fourth-order valence-corrected chi connectivity index (χ4v) is 3.55. The minimum absolute atomic E-state index is 0.0375. The van der Waals surface area contributed by atoms with Crippen LogP contribution >= 0.6 is 0 Å². The molecule has 3 heterocycles. The Morgan fingerprint density at radius 3 is 2.38 bits per heavy atom. The largest absolute Gasteiger partial charge is 0.339 e. The second-order valence-electron chi connectivity index (χ2n) is 7.00. The summed E-state index contributed by atoms with van der Waals surface area (Å²) in [5.74, 6) is 0.0659. The molecule has 0 aliphatic carbocycles. The topological polar surface area (TPSA) is 89.6 Å². The van der Waals surface area contributed by atoms with Gasteiger partial charge >= 0.3 is 0 Å². The van der Waals surface area contributed by atoms with Crippen molar-refractivity contribution in [2.45, 2.75) is 46.1 Å². The summed E-state index contributed by atoms with van der Waals surface area (Å²) in [7, 11) is 0. The molecule has 8 nitrogen and oxygen atoms in total. The molecular weight excluding hydrogens is 334 g/mol. The van der Waals surface area contributed by atoms with Gasteiger partial charge in [0, 0.05) is 70.3 Å². The molecule has 1 aromatic rings. The first kappa shape index (κ1) is 18.4. The van der Waals surface area contributed by atoms with Crippen LogP contribution in [0.25, 0.3) is 0 Å². The number of fused-ring (bicyclic) bond motifs is 1. The van der Waals surface area contributed by atoms with Crippen molar-refractivity contribution < 1.29 is 14.4 Å². The number of H-pyrrole nitrogens is 1. The van der Waals surface area contributed by atoms with Gasteiger partial charge in [-0.2, -0.15) is 5.10 Å². The lowest BCUT2D eigenvalue weighted by Crippen LogP contribution is -2.50. The highest BCUT2D eigenvalue weighted by molar-refractivity contribution is 5.94. The third-order valence-corrected chi connectivity index (χ3v) is 5.25. The second kappa shape index (κ2) is 7.88. The molecule has 0 unspecified atom stereocenters. The van der Waals surface area contributed by atoms with E-state index in [1.807, 2.05) is 4.90 Å². The Labute approximate surface area is 153 Å². The summed E-state index contributed by atoms with van der Waals surface area (Å²) in [6.45, 7) is 6.86. The van der Waals surface area contributed by atoms with E-state index in [0.29, 0.717) is 57.8 Å². The van der Waals surface area contributed by atoms with Crippen LogP contribution in [0.15, 0.2) is 0 Å². The highest BCUT2D eigenvalue weighted by atomic mass is 16.2. The van der Waals surface area contributed by atoms with Crippen LogP contribution in [0.4, 0.5) is 0 Å². The number of hydrogen-bond donors (Lipinski definition) is 1. The first-order valence-electron chi connectivity index (χ1n) is 9.40. The fourth-order valence-electron chi connectivity index (χ4n) is 3.55. The predicted molar refractivity (Wildman–Crippen MR) is 95.4 cm³/mol. The minimum atomic E-state index is -0.117. The molecule has 3 amide bonds. The van der Waals surface area contributed by atoms with Gasteiger partial charge in [0.1, 0.15) is 0 Å². The molecule has 0 aromatic carbocycles. The average Bonchev–Trinajstić information content (AvgIpc) is 3.08. The molecule has 1 fully saturated rings. The van der Waals surface area contributed by atoms with Gasteiger partial charge in [-0.3, -0.25) is 19.5 Å². The molecule has 142 valence electrons. The van der Waals surface area contributed by atoms with E-state index < -0.39 is 0 Å². The second-order valence-corrected chi connectivity index (χ2v) is 7.00. The number of carbonyl (C=O) groups excluding carboxylic acids is 3. The number of unbranched alkanes of at least 4 members (excludes halogenated alkanes) is 1. The zero-order chi connectivity index (χ0) is 18.7. The first-order valence-corrected chi connectivity index (χ1v) is 9.40. The molecule has 1 saturated heterocycles. The van der Waals surface area contributed by atoms with E-state index in [0.717, 1.165) is 24.1 Å². The van der Waals surface area contributed by atoms with E-state index in [9.17, 15) is 14.4 Å². The SMILES string of the molecule is CCCCC(=O)N1CCc2[nH]nc(C(=O)N3CCN(C(C)=O)CC3)c2C1. The molecular formula is C18H27N5O3. The maximum atomic E-state index is 12.9. The van der Waals surface area contributed by atoms with Gasteiger partial charge < -0.3 is 14.7 Å². The van der Waals surface area contributed by atoms with Gasteiger partial charge in [-0.05, 0) is 6.42 Å². The summed E-state index contributed by atoms with van der Waals surface area (Å²) in [6, 6.07) is 0. The Hall–Kier alpha value is -2.38. The monoisotopic (exact) mass is 361 g/mol. The molecule has 8 heteroatoms. The zero-order valence-electron chi connectivity index (χ0n) is 15.6. The molecule has 1 aromatic heterocycles. The highest BCUT2D eigenvalue weighted by Crippen LogP contribution is 2.23. The lowest BCUT2D eigenvalue weighted by atomic mass is 10.0. The van der Waals surface area contributed by atoms with Crippen molar-refractivity contribution in [2.24, 2.45) is 0 Å². The standard InChI is InChI=1S/C18H27N5O3/c1-3-4-5-16(25)23-7-6-15-14(12-23)17(20-19-15)18(26)22-10-8-21(9-11-22)13(2)24/h3-12H2,1-2H3,(H,19,20). The number of aromatic amines is 1. The summed E-state index contributed by atoms with van der Waals surface area (Å²) in [6.07, 6.45) is 3.14. The Kier molecular flexibility index (Phi) is 5.58. The van der Waals surface area contributed by atoms with Crippen LogP contribution in [0, 0.1) is 0 Å². The van der Waals surface area contributed by atoms with Crippen LogP contribution in [-0.2, 0) is 22.6 Å². The number of aromatic nitrogens is 2. The van der Waals surface area contributed by atoms with Gasteiger partial charge in [0.05, 0.1) is 0 Å². The number of carbonyl (C=O) groups is 3. The van der Waals surface area contributed by atoms with Crippen LogP contribution in [0.2, 0.25) is 0 Å². The molecule has 0 spiro atoms. The molecule has 0 saturated carbocycles.